The van der Waals surface area contributed by atoms with Crippen molar-refractivity contribution in [1.29, 1.82) is 0 Å². The monoisotopic (exact) mass is 921 g/mol. The Morgan fingerprint density at radius 1 is 0.414 bits per heavy atom. The first-order chi connectivity index (χ1) is 34.5. The van der Waals surface area contributed by atoms with Crippen LogP contribution in [-0.2, 0) is 6.42 Å². The number of hydrogen-bond acceptors (Lipinski definition) is 6. The van der Waals surface area contributed by atoms with Crippen LogP contribution >= 0.6 is 0 Å². The summed E-state index contributed by atoms with van der Waals surface area (Å²) in [5.41, 5.74) is 12.7. The third kappa shape index (κ3) is 10.4. The molecule has 10 aromatic rings. The first-order valence-corrected chi connectivity index (χ1v) is 25.6. The Balaban J connectivity index is 0.834. The molecule has 0 amide bonds. The minimum absolute atomic E-state index is 0.311. The van der Waals surface area contributed by atoms with Gasteiger partial charge in [-0.15, -0.1) is 20.4 Å². The van der Waals surface area contributed by atoms with Crippen molar-refractivity contribution in [3.63, 3.8) is 0 Å². The largest absolute Gasteiger partial charge is 0.416 e. The molecule has 0 N–H and O–H groups in total. The topological polar surface area (TPSA) is 82.8 Å². The molecule has 3 aromatic heterocycles. The van der Waals surface area contributed by atoms with Crippen molar-refractivity contribution in [2.24, 2.45) is 0 Å². The molecule has 10 rings (SSSR count). The van der Waals surface area contributed by atoms with Gasteiger partial charge in [-0.2, -0.15) is 0 Å². The zero-order chi connectivity index (χ0) is 47.7. The first kappa shape index (κ1) is 46.4. The molecule has 0 saturated carbocycles. The van der Waals surface area contributed by atoms with Crippen LogP contribution < -0.4 is 0 Å². The van der Waals surface area contributed by atoms with E-state index in [9.17, 15) is 0 Å². The van der Waals surface area contributed by atoms with Crippen LogP contribution in [0.2, 0.25) is 0 Å². The van der Waals surface area contributed by atoms with Gasteiger partial charge in [-0.05, 0) is 146 Å². The molecule has 0 aliphatic carbocycles. The van der Waals surface area contributed by atoms with Gasteiger partial charge in [-0.3, -0.25) is 0 Å². The van der Waals surface area contributed by atoms with E-state index in [2.05, 4.69) is 191 Å². The number of nitrogens with zero attached hydrogens (tertiary/aromatic N) is 5. The molecule has 7 nitrogen and oxygen atoms in total. The molecule has 3 heterocycles. The average Bonchev–Trinajstić information content (AvgIpc) is 4.20. The standard InChI is InChI=1S/C63H63N5O2/c1-4-6-7-8-9-11-18-45-26-29-52(30-27-45)61-65-67-63(70-61)53-39-35-49(36-40-53)48-33-31-47(32-34-48)46(5-2)43-55(28-25-44(3)68-58-23-16-14-21-56(58)57-22-15-17-24-59(57)68)50-37-41-54(42-38-50)62-66-64-60(69-62)51-19-12-10-13-20-51/h10,12-17,19-24,26-27,29-42,44,46,55H,4-9,11,18,25,28,43H2,1-3H3. The second-order valence-corrected chi connectivity index (χ2v) is 19.1. The predicted octanol–water partition coefficient (Wildman–Crippen LogP) is 17.5. The fourth-order valence-electron chi connectivity index (χ4n) is 10.4. The summed E-state index contributed by atoms with van der Waals surface area (Å²) in [7, 11) is 0. The van der Waals surface area contributed by atoms with Gasteiger partial charge in [0, 0.05) is 50.1 Å². The lowest BCUT2D eigenvalue weighted by Gasteiger charge is -2.26. The molecule has 7 heteroatoms. The Morgan fingerprint density at radius 3 is 1.39 bits per heavy atom. The number of aromatic nitrogens is 5. The minimum atomic E-state index is 0.311. The van der Waals surface area contributed by atoms with E-state index in [-0.39, 0.29) is 0 Å². The fourth-order valence-corrected chi connectivity index (χ4v) is 10.4. The lowest BCUT2D eigenvalue weighted by atomic mass is 9.80. The van der Waals surface area contributed by atoms with Gasteiger partial charge in [0.1, 0.15) is 0 Å². The lowest BCUT2D eigenvalue weighted by Crippen LogP contribution is -2.11. The SMILES string of the molecule is CCCCCCCCc1ccc(-c2nnc(-c3ccc(-c4ccc(C(CC)CC(CCC(C)n5c6ccccc6c6ccccc65)c5ccc(-c6nnc(-c7ccccc7)o6)cc5)cc4)cc3)o2)cc1. The highest BCUT2D eigenvalue weighted by Gasteiger charge is 2.23. The van der Waals surface area contributed by atoms with Crippen molar-refractivity contribution in [2.45, 2.75) is 109 Å². The summed E-state index contributed by atoms with van der Waals surface area (Å²) >= 11 is 0. The van der Waals surface area contributed by atoms with Gasteiger partial charge in [0.2, 0.25) is 23.6 Å². The van der Waals surface area contributed by atoms with E-state index < -0.39 is 0 Å². The third-order valence-electron chi connectivity index (χ3n) is 14.4. The molecule has 3 unspecified atom stereocenters. The smallest absolute Gasteiger partial charge is 0.248 e. The van der Waals surface area contributed by atoms with Crippen LogP contribution in [0.15, 0.2) is 185 Å². The fraction of sp³-hybridized carbons (Fsp3) is 0.270. The highest BCUT2D eigenvalue weighted by Crippen LogP contribution is 2.40. The molecule has 352 valence electrons. The van der Waals surface area contributed by atoms with E-state index in [1.54, 1.807) is 0 Å². The highest BCUT2D eigenvalue weighted by atomic mass is 16.4. The van der Waals surface area contributed by atoms with Gasteiger partial charge in [-0.25, -0.2) is 0 Å². The molecule has 70 heavy (non-hydrogen) atoms. The summed E-state index contributed by atoms with van der Waals surface area (Å²) in [6, 6.07) is 63.1. The van der Waals surface area contributed by atoms with Gasteiger partial charge in [-0.1, -0.05) is 161 Å². The van der Waals surface area contributed by atoms with Gasteiger partial charge >= 0.3 is 0 Å². The zero-order valence-electron chi connectivity index (χ0n) is 40.8. The van der Waals surface area contributed by atoms with Crippen LogP contribution in [0, 0.1) is 0 Å². The van der Waals surface area contributed by atoms with Crippen molar-refractivity contribution in [2.75, 3.05) is 0 Å². The Kier molecular flexibility index (Phi) is 14.5. The van der Waals surface area contributed by atoms with Gasteiger partial charge in [0.05, 0.1) is 0 Å². The first-order valence-electron chi connectivity index (χ1n) is 25.6. The number of rotatable bonds is 21. The molecular formula is C63H63N5O2. The van der Waals surface area contributed by atoms with Crippen molar-refractivity contribution in [3.8, 4) is 56.9 Å². The van der Waals surface area contributed by atoms with Crippen molar-refractivity contribution in [3.05, 3.63) is 193 Å². The molecule has 3 atom stereocenters. The molecule has 0 aliphatic rings. The second-order valence-electron chi connectivity index (χ2n) is 19.1. The zero-order valence-corrected chi connectivity index (χ0v) is 40.8. The van der Waals surface area contributed by atoms with E-state index in [4.69, 9.17) is 8.83 Å². The Labute approximate surface area is 412 Å². The molecule has 0 radical (unpaired) electrons. The predicted molar refractivity (Wildman–Crippen MR) is 287 cm³/mol. The summed E-state index contributed by atoms with van der Waals surface area (Å²) in [6.07, 6.45) is 13.1. The Morgan fingerprint density at radius 2 is 0.843 bits per heavy atom. The van der Waals surface area contributed by atoms with Gasteiger partial charge in [0.15, 0.2) is 0 Å². The van der Waals surface area contributed by atoms with Gasteiger partial charge < -0.3 is 13.4 Å². The number of aryl methyl sites for hydroxylation is 1. The average molecular weight is 922 g/mol. The molecule has 0 fully saturated rings. The maximum atomic E-state index is 6.19. The van der Waals surface area contributed by atoms with Crippen molar-refractivity contribution >= 4 is 21.8 Å². The highest BCUT2D eigenvalue weighted by molar-refractivity contribution is 6.08. The molecule has 0 aliphatic heterocycles. The van der Waals surface area contributed by atoms with Crippen LogP contribution in [-0.4, -0.2) is 25.0 Å². The van der Waals surface area contributed by atoms with E-state index in [0.717, 1.165) is 59.9 Å². The van der Waals surface area contributed by atoms with Crippen molar-refractivity contribution < 1.29 is 8.83 Å². The molecule has 0 spiro atoms. The number of hydrogen-bond donors (Lipinski definition) is 0. The molecular weight excluding hydrogens is 859 g/mol. The van der Waals surface area contributed by atoms with E-state index in [1.165, 1.54) is 82.6 Å². The molecule has 0 bridgehead atoms. The Hall–Kier alpha value is -7.38. The quantitative estimate of drug-likeness (QED) is 0.0668. The van der Waals surface area contributed by atoms with Crippen LogP contribution in [0.4, 0.5) is 0 Å². The Bertz CT molecular complexity index is 3170. The summed E-state index contributed by atoms with van der Waals surface area (Å²) in [5, 5.41) is 20.2. The van der Waals surface area contributed by atoms with Gasteiger partial charge in [0.25, 0.3) is 0 Å². The summed E-state index contributed by atoms with van der Waals surface area (Å²) in [5.74, 6) is 2.85. The third-order valence-corrected chi connectivity index (χ3v) is 14.4. The lowest BCUT2D eigenvalue weighted by molar-refractivity contribution is 0.433. The number of fused-ring (bicyclic) bond motifs is 3. The van der Waals surface area contributed by atoms with Crippen LogP contribution in [0.3, 0.4) is 0 Å². The maximum Gasteiger partial charge on any atom is 0.248 e. The van der Waals surface area contributed by atoms with Crippen LogP contribution in [0.1, 0.15) is 120 Å². The number of unbranched alkanes of at least 4 members (excludes halogenated alkanes) is 5. The summed E-state index contributed by atoms with van der Waals surface area (Å²) in [4.78, 5) is 0. The van der Waals surface area contributed by atoms with Crippen LogP contribution in [0.5, 0.6) is 0 Å². The van der Waals surface area contributed by atoms with Crippen LogP contribution in [0.25, 0.3) is 78.7 Å². The van der Waals surface area contributed by atoms with E-state index in [0.29, 0.717) is 41.4 Å². The molecule has 7 aromatic carbocycles. The normalized spacial score (nSPS) is 13.0. The maximum absolute atomic E-state index is 6.19. The summed E-state index contributed by atoms with van der Waals surface area (Å²) < 4.78 is 14.9. The number of para-hydroxylation sites is 2. The van der Waals surface area contributed by atoms with E-state index >= 15 is 0 Å². The van der Waals surface area contributed by atoms with Crippen molar-refractivity contribution in [1.82, 2.24) is 25.0 Å². The minimum Gasteiger partial charge on any atom is -0.416 e. The number of benzene rings is 7. The molecule has 0 saturated heterocycles. The van der Waals surface area contributed by atoms with E-state index in [1.807, 2.05) is 30.3 Å². The second kappa shape index (κ2) is 21.9. The summed E-state index contributed by atoms with van der Waals surface area (Å²) in [6.45, 7) is 6.98.